The van der Waals surface area contributed by atoms with Gasteiger partial charge in [-0.1, -0.05) is 0 Å². The lowest BCUT2D eigenvalue weighted by Crippen LogP contribution is -2.39. The Labute approximate surface area is 128 Å². The van der Waals surface area contributed by atoms with E-state index in [1.54, 1.807) is 11.3 Å². The van der Waals surface area contributed by atoms with E-state index in [0.29, 0.717) is 18.7 Å². The van der Waals surface area contributed by atoms with Crippen LogP contribution in [0.15, 0.2) is 23.7 Å². The fourth-order valence-corrected chi connectivity index (χ4v) is 3.39. The topological polar surface area (TPSA) is 42.4 Å². The summed E-state index contributed by atoms with van der Waals surface area (Å²) in [6.45, 7) is 4.22. The molecule has 0 N–H and O–H groups in total. The Morgan fingerprint density at radius 3 is 3.14 bits per heavy atom. The van der Waals surface area contributed by atoms with Crippen LogP contribution in [0.3, 0.4) is 0 Å². The minimum absolute atomic E-state index is 0.0709. The average Bonchev–Trinajstić information content (AvgIpc) is 3.00. The van der Waals surface area contributed by atoms with E-state index in [1.807, 2.05) is 35.5 Å². The maximum atomic E-state index is 12.7. The first-order chi connectivity index (χ1) is 10.3. The lowest BCUT2D eigenvalue weighted by atomic mass is 10.1. The predicted octanol–water partition coefficient (Wildman–Crippen LogP) is 3.33. The van der Waals surface area contributed by atoms with Crippen molar-refractivity contribution in [2.45, 2.75) is 32.3 Å². The largest absolute Gasteiger partial charge is 0.376 e. The highest BCUT2D eigenvalue weighted by molar-refractivity contribution is 7.16. The Morgan fingerprint density at radius 1 is 1.48 bits per heavy atom. The average molecular weight is 304 g/mol. The molecule has 0 saturated carbocycles. The van der Waals surface area contributed by atoms with Crippen LogP contribution in [0.5, 0.6) is 0 Å². The molecule has 5 heteroatoms. The van der Waals surface area contributed by atoms with E-state index in [1.165, 1.54) is 6.42 Å². The van der Waals surface area contributed by atoms with Gasteiger partial charge in [-0.3, -0.25) is 4.79 Å². The molecule has 21 heavy (non-hydrogen) atoms. The molecule has 0 unspecified atom stereocenters. The molecule has 0 spiro atoms. The van der Waals surface area contributed by atoms with Crippen molar-refractivity contribution >= 4 is 27.5 Å². The number of nitrogens with zero attached hydrogens (tertiary/aromatic N) is 2. The molecule has 1 aliphatic rings. The number of carbonyl (C=O) groups is 1. The van der Waals surface area contributed by atoms with Gasteiger partial charge in [-0.05, 0) is 44.4 Å². The molecule has 0 radical (unpaired) electrons. The van der Waals surface area contributed by atoms with Crippen molar-refractivity contribution in [2.75, 3.05) is 19.7 Å². The summed E-state index contributed by atoms with van der Waals surface area (Å²) in [5.74, 6) is 0.0709. The quantitative estimate of drug-likeness (QED) is 0.870. The van der Waals surface area contributed by atoms with Crippen LogP contribution in [0.25, 0.3) is 10.2 Å². The van der Waals surface area contributed by atoms with E-state index in [4.69, 9.17) is 4.74 Å². The normalized spacial score (nSPS) is 18.8. The first-order valence-electron chi connectivity index (χ1n) is 7.52. The number of rotatable bonds is 4. The van der Waals surface area contributed by atoms with E-state index in [2.05, 4.69) is 4.98 Å². The summed E-state index contributed by atoms with van der Waals surface area (Å²) >= 11 is 1.59. The minimum atomic E-state index is 0.0709. The third kappa shape index (κ3) is 3.24. The molecule has 2 heterocycles. The third-order valence-corrected chi connectivity index (χ3v) is 4.75. The van der Waals surface area contributed by atoms with Crippen LogP contribution >= 0.6 is 11.3 Å². The van der Waals surface area contributed by atoms with Gasteiger partial charge in [0.25, 0.3) is 5.91 Å². The van der Waals surface area contributed by atoms with Crippen molar-refractivity contribution in [3.63, 3.8) is 0 Å². The molecule has 1 saturated heterocycles. The number of fused-ring (bicyclic) bond motifs is 1. The molecule has 3 rings (SSSR count). The van der Waals surface area contributed by atoms with Crippen molar-refractivity contribution < 1.29 is 9.53 Å². The Kier molecular flexibility index (Phi) is 4.51. The van der Waals surface area contributed by atoms with Crippen LogP contribution in [0.4, 0.5) is 0 Å². The van der Waals surface area contributed by atoms with Gasteiger partial charge < -0.3 is 9.64 Å². The van der Waals surface area contributed by atoms with Gasteiger partial charge in [0.15, 0.2) is 0 Å². The number of likely N-dealkylation sites (N-methyl/N-ethyl adjacent to an activating group) is 1. The molecule has 1 aromatic carbocycles. The van der Waals surface area contributed by atoms with Gasteiger partial charge in [-0.15, -0.1) is 11.3 Å². The molecular weight excluding hydrogens is 284 g/mol. The molecule has 2 aromatic rings. The second-order valence-corrected chi connectivity index (χ2v) is 6.25. The smallest absolute Gasteiger partial charge is 0.254 e. The number of aromatic nitrogens is 1. The van der Waals surface area contributed by atoms with Gasteiger partial charge in [-0.2, -0.15) is 0 Å². The summed E-state index contributed by atoms with van der Waals surface area (Å²) in [7, 11) is 0. The molecule has 112 valence electrons. The summed E-state index contributed by atoms with van der Waals surface area (Å²) in [5.41, 5.74) is 3.42. The van der Waals surface area contributed by atoms with Gasteiger partial charge in [0.2, 0.25) is 0 Å². The lowest BCUT2D eigenvalue weighted by molar-refractivity contribution is -0.00311. The first-order valence-corrected chi connectivity index (χ1v) is 8.40. The maximum Gasteiger partial charge on any atom is 0.254 e. The van der Waals surface area contributed by atoms with E-state index in [-0.39, 0.29) is 12.0 Å². The monoisotopic (exact) mass is 304 g/mol. The standard InChI is InChI=1S/C16H20N2O2S/c1-2-18(10-13-5-3-4-8-20-13)16(19)12-6-7-15-14(9-12)17-11-21-15/h6-7,9,11,13H,2-5,8,10H2,1H3/t13-/m1/s1. The Morgan fingerprint density at radius 2 is 2.38 bits per heavy atom. The Bertz CT molecular complexity index is 620. The number of hydrogen-bond donors (Lipinski definition) is 0. The zero-order valence-electron chi connectivity index (χ0n) is 12.2. The predicted molar refractivity (Wildman–Crippen MR) is 84.8 cm³/mol. The Hall–Kier alpha value is -1.46. The first kappa shape index (κ1) is 14.5. The third-order valence-electron chi connectivity index (χ3n) is 3.94. The number of ether oxygens (including phenoxy) is 1. The van der Waals surface area contributed by atoms with Crippen LogP contribution in [0.2, 0.25) is 0 Å². The van der Waals surface area contributed by atoms with Gasteiger partial charge in [-0.25, -0.2) is 4.98 Å². The van der Waals surface area contributed by atoms with E-state index >= 15 is 0 Å². The van der Waals surface area contributed by atoms with E-state index in [0.717, 1.165) is 29.7 Å². The second-order valence-electron chi connectivity index (χ2n) is 5.37. The minimum Gasteiger partial charge on any atom is -0.376 e. The molecule has 1 amide bonds. The highest BCUT2D eigenvalue weighted by atomic mass is 32.1. The van der Waals surface area contributed by atoms with Crippen LogP contribution < -0.4 is 0 Å². The van der Waals surface area contributed by atoms with E-state index in [9.17, 15) is 4.79 Å². The summed E-state index contributed by atoms with van der Waals surface area (Å²) < 4.78 is 6.87. The fourth-order valence-electron chi connectivity index (χ4n) is 2.73. The zero-order chi connectivity index (χ0) is 14.7. The summed E-state index contributed by atoms with van der Waals surface area (Å²) in [6, 6.07) is 5.76. The Balaban J connectivity index is 1.74. The summed E-state index contributed by atoms with van der Waals surface area (Å²) in [4.78, 5) is 18.8. The van der Waals surface area contributed by atoms with Gasteiger partial charge in [0.1, 0.15) is 0 Å². The van der Waals surface area contributed by atoms with Crippen LogP contribution in [0.1, 0.15) is 36.5 Å². The van der Waals surface area contributed by atoms with E-state index < -0.39 is 0 Å². The molecule has 0 aliphatic carbocycles. The zero-order valence-corrected chi connectivity index (χ0v) is 13.1. The van der Waals surface area contributed by atoms with Crippen LogP contribution in [-0.2, 0) is 4.74 Å². The summed E-state index contributed by atoms with van der Waals surface area (Å²) in [6.07, 6.45) is 3.57. The van der Waals surface area contributed by atoms with Crippen LogP contribution in [0, 0.1) is 0 Å². The number of hydrogen-bond acceptors (Lipinski definition) is 4. The number of amides is 1. The molecule has 4 nitrogen and oxygen atoms in total. The number of benzene rings is 1. The molecular formula is C16H20N2O2S. The second kappa shape index (κ2) is 6.54. The van der Waals surface area contributed by atoms with Gasteiger partial charge in [0, 0.05) is 25.3 Å². The molecule has 1 atom stereocenters. The number of thiazole rings is 1. The highest BCUT2D eigenvalue weighted by Gasteiger charge is 2.21. The lowest BCUT2D eigenvalue weighted by Gasteiger charge is -2.29. The molecule has 1 aliphatic heterocycles. The van der Waals surface area contributed by atoms with Crippen molar-refractivity contribution in [3.8, 4) is 0 Å². The SMILES string of the molecule is CCN(C[C@H]1CCCCO1)C(=O)c1ccc2scnc2c1. The fraction of sp³-hybridized carbons (Fsp3) is 0.500. The van der Waals surface area contributed by atoms with Crippen LogP contribution in [-0.4, -0.2) is 41.6 Å². The maximum absolute atomic E-state index is 12.7. The van der Waals surface area contributed by atoms with Crippen molar-refractivity contribution in [2.24, 2.45) is 0 Å². The molecule has 0 bridgehead atoms. The number of carbonyl (C=O) groups excluding carboxylic acids is 1. The van der Waals surface area contributed by atoms with Crippen molar-refractivity contribution in [3.05, 3.63) is 29.3 Å². The van der Waals surface area contributed by atoms with Gasteiger partial charge >= 0.3 is 0 Å². The van der Waals surface area contributed by atoms with Crippen molar-refractivity contribution in [1.29, 1.82) is 0 Å². The highest BCUT2D eigenvalue weighted by Crippen LogP contribution is 2.20. The molecule has 1 fully saturated rings. The molecule has 1 aromatic heterocycles. The van der Waals surface area contributed by atoms with Crippen molar-refractivity contribution in [1.82, 2.24) is 9.88 Å². The summed E-state index contributed by atoms with van der Waals surface area (Å²) in [5, 5.41) is 0. The van der Waals surface area contributed by atoms with Gasteiger partial charge in [0.05, 0.1) is 21.8 Å².